The van der Waals surface area contributed by atoms with Gasteiger partial charge in [0.25, 0.3) is 0 Å². The number of rotatable bonds is 4. The van der Waals surface area contributed by atoms with Gasteiger partial charge in [-0.2, -0.15) is 0 Å². The molecule has 0 saturated carbocycles. The van der Waals surface area contributed by atoms with Crippen molar-refractivity contribution in [2.75, 3.05) is 32.8 Å². The van der Waals surface area contributed by atoms with E-state index in [0.717, 1.165) is 26.3 Å². The van der Waals surface area contributed by atoms with Crippen molar-refractivity contribution in [2.24, 2.45) is 11.1 Å². The van der Waals surface area contributed by atoms with Crippen LogP contribution in [-0.4, -0.2) is 55.2 Å². The van der Waals surface area contributed by atoms with Gasteiger partial charge in [-0.05, 0) is 19.3 Å². The summed E-state index contributed by atoms with van der Waals surface area (Å²) in [5.74, 6) is -0.0752. The normalized spacial score (nSPS) is 20.1. The Bertz CT molecular complexity index is 304. The number of hydrogen-bond donors (Lipinski definition) is 2. The van der Waals surface area contributed by atoms with Crippen molar-refractivity contribution in [2.45, 2.75) is 46.2 Å². The SMILES string of the molecule is CC(C)(C)[C@@H](N)C(=O)NCC(C)(C)N1CCOCC1. The van der Waals surface area contributed by atoms with Crippen molar-refractivity contribution < 1.29 is 9.53 Å². The summed E-state index contributed by atoms with van der Waals surface area (Å²) in [6.45, 7) is 14.2. The van der Waals surface area contributed by atoms with Crippen molar-refractivity contribution in [1.29, 1.82) is 0 Å². The lowest BCUT2D eigenvalue weighted by Gasteiger charge is -2.41. The van der Waals surface area contributed by atoms with Crippen LogP contribution in [-0.2, 0) is 9.53 Å². The number of morpholine rings is 1. The molecule has 0 bridgehead atoms. The predicted molar refractivity (Wildman–Crippen MR) is 76.9 cm³/mol. The van der Waals surface area contributed by atoms with E-state index in [1.165, 1.54) is 0 Å². The maximum Gasteiger partial charge on any atom is 0.237 e. The first kappa shape index (κ1) is 16.4. The van der Waals surface area contributed by atoms with E-state index in [2.05, 4.69) is 24.1 Å². The third-order valence-electron chi connectivity index (χ3n) is 3.78. The van der Waals surface area contributed by atoms with Gasteiger partial charge in [-0.25, -0.2) is 0 Å². The molecule has 1 aliphatic rings. The highest BCUT2D eigenvalue weighted by atomic mass is 16.5. The van der Waals surface area contributed by atoms with E-state index in [9.17, 15) is 4.79 Å². The minimum atomic E-state index is -0.479. The highest BCUT2D eigenvalue weighted by Crippen LogP contribution is 2.18. The van der Waals surface area contributed by atoms with Crippen molar-refractivity contribution in [1.82, 2.24) is 10.2 Å². The molecule has 1 rings (SSSR count). The number of hydrogen-bond acceptors (Lipinski definition) is 4. The summed E-state index contributed by atoms with van der Waals surface area (Å²) in [5, 5.41) is 2.98. The van der Waals surface area contributed by atoms with Gasteiger partial charge in [0.2, 0.25) is 5.91 Å². The molecule has 112 valence electrons. The predicted octanol–water partition coefficient (Wildman–Crippen LogP) is 0.587. The van der Waals surface area contributed by atoms with E-state index in [0.29, 0.717) is 6.54 Å². The minimum Gasteiger partial charge on any atom is -0.379 e. The van der Waals surface area contributed by atoms with Crippen molar-refractivity contribution in [3.8, 4) is 0 Å². The molecule has 0 aliphatic carbocycles. The Labute approximate surface area is 116 Å². The van der Waals surface area contributed by atoms with E-state index in [1.54, 1.807) is 0 Å². The lowest BCUT2D eigenvalue weighted by Crippen LogP contribution is -2.58. The van der Waals surface area contributed by atoms with Gasteiger partial charge in [-0.1, -0.05) is 20.8 Å². The first-order valence-electron chi connectivity index (χ1n) is 7.01. The molecule has 3 N–H and O–H groups in total. The molecule has 0 aromatic carbocycles. The third-order valence-corrected chi connectivity index (χ3v) is 3.78. The van der Waals surface area contributed by atoms with Crippen LogP contribution in [0.15, 0.2) is 0 Å². The number of carbonyl (C=O) groups is 1. The number of nitrogens with two attached hydrogens (primary N) is 1. The van der Waals surface area contributed by atoms with E-state index in [4.69, 9.17) is 10.5 Å². The average molecular weight is 271 g/mol. The number of ether oxygens (including phenoxy) is 1. The minimum absolute atomic E-state index is 0.0724. The van der Waals surface area contributed by atoms with E-state index in [1.807, 2.05) is 20.8 Å². The molecule has 1 saturated heterocycles. The third kappa shape index (κ3) is 4.75. The summed E-state index contributed by atoms with van der Waals surface area (Å²) in [6.07, 6.45) is 0. The summed E-state index contributed by atoms with van der Waals surface area (Å²) in [4.78, 5) is 14.4. The van der Waals surface area contributed by atoms with Crippen molar-refractivity contribution >= 4 is 5.91 Å². The molecule has 0 aromatic heterocycles. The van der Waals surface area contributed by atoms with Crippen molar-refractivity contribution in [3.05, 3.63) is 0 Å². The van der Waals surface area contributed by atoms with Gasteiger partial charge in [0.05, 0.1) is 19.3 Å². The monoisotopic (exact) mass is 271 g/mol. The molecule has 0 aromatic rings. The Morgan fingerprint density at radius 3 is 2.26 bits per heavy atom. The second-order valence-corrected chi connectivity index (χ2v) is 6.97. The summed E-state index contributed by atoms with van der Waals surface area (Å²) in [7, 11) is 0. The zero-order valence-electron chi connectivity index (χ0n) is 13.0. The fourth-order valence-electron chi connectivity index (χ4n) is 2.09. The molecule has 19 heavy (non-hydrogen) atoms. The summed E-state index contributed by atoms with van der Waals surface area (Å²) in [5.41, 5.74) is 5.67. The largest absolute Gasteiger partial charge is 0.379 e. The first-order valence-corrected chi connectivity index (χ1v) is 7.01. The fourth-order valence-corrected chi connectivity index (χ4v) is 2.09. The molecule has 1 heterocycles. The highest BCUT2D eigenvalue weighted by molar-refractivity contribution is 5.82. The number of nitrogens with one attached hydrogen (secondary N) is 1. The number of carbonyl (C=O) groups excluding carboxylic acids is 1. The van der Waals surface area contributed by atoms with Crippen LogP contribution in [0.25, 0.3) is 0 Å². The standard InChI is InChI=1S/C14H29N3O2/c1-13(2,3)11(15)12(18)16-10-14(4,5)17-6-8-19-9-7-17/h11H,6-10,15H2,1-5H3,(H,16,18)/t11-/m0/s1. The smallest absolute Gasteiger partial charge is 0.237 e. The molecule has 5 nitrogen and oxygen atoms in total. The number of nitrogens with zero attached hydrogens (tertiary/aromatic N) is 1. The second-order valence-electron chi connectivity index (χ2n) is 6.97. The zero-order chi connectivity index (χ0) is 14.7. The molecule has 1 fully saturated rings. The van der Waals surface area contributed by atoms with E-state index < -0.39 is 6.04 Å². The Morgan fingerprint density at radius 1 is 1.26 bits per heavy atom. The van der Waals surface area contributed by atoms with Gasteiger partial charge in [0, 0.05) is 25.2 Å². The Morgan fingerprint density at radius 2 is 1.79 bits per heavy atom. The Balaban J connectivity index is 2.48. The average Bonchev–Trinajstić information content (AvgIpc) is 2.35. The molecule has 0 radical (unpaired) electrons. The van der Waals surface area contributed by atoms with Gasteiger partial charge >= 0.3 is 0 Å². The zero-order valence-corrected chi connectivity index (χ0v) is 13.0. The highest BCUT2D eigenvalue weighted by Gasteiger charge is 2.31. The van der Waals surface area contributed by atoms with Gasteiger partial charge in [0.1, 0.15) is 0 Å². The molecular formula is C14H29N3O2. The lowest BCUT2D eigenvalue weighted by atomic mass is 9.87. The Kier molecular flexibility index (Phi) is 5.35. The van der Waals surface area contributed by atoms with E-state index in [-0.39, 0.29) is 16.9 Å². The molecule has 1 atom stereocenters. The summed E-state index contributed by atoms with van der Waals surface area (Å²) >= 11 is 0. The maximum atomic E-state index is 12.0. The Hall–Kier alpha value is -0.650. The van der Waals surface area contributed by atoms with Gasteiger partial charge in [0.15, 0.2) is 0 Å². The first-order chi connectivity index (χ1) is 8.64. The topological polar surface area (TPSA) is 67.6 Å². The quantitative estimate of drug-likeness (QED) is 0.785. The molecule has 1 aliphatic heterocycles. The second kappa shape index (κ2) is 6.20. The van der Waals surface area contributed by atoms with Crippen LogP contribution < -0.4 is 11.1 Å². The van der Waals surface area contributed by atoms with E-state index >= 15 is 0 Å². The molecule has 0 unspecified atom stereocenters. The number of amides is 1. The van der Waals surface area contributed by atoms with Crippen molar-refractivity contribution in [3.63, 3.8) is 0 Å². The van der Waals surface area contributed by atoms with Crippen LogP contribution in [0.5, 0.6) is 0 Å². The van der Waals surface area contributed by atoms with Gasteiger partial charge in [-0.3, -0.25) is 9.69 Å². The molecule has 0 spiro atoms. The molecule has 5 heteroatoms. The van der Waals surface area contributed by atoms with Crippen LogP contribution in [0.4, 0.5) is 0 Å². The van der Waals surface area contributed by atoms with Gasteiger partial charge < -0.3 is 15.8 Å². The molecular weight excluding hydrogens is 242 g/mol. The van der Waals surface area contributed by atoms with Crippen LogP contribution in [0.1, 0.15) is 34.6 Å². The van der Waals surface area contributed by atoms with Crippen LogP contribution in [0.2, 0.25) is 0 Å². The van der Waals surface area contributed by atoms with Crippen LogP contribution in [0.3, 0.4) is 0 Å². The van der Waals surface area contributed by atoms with Crippen LogP contribution in [0, 0.1) is 5.41 Å². The maximum absolute atomic E-state index is 12.0. The van der Waals surface area contributed by atoms with Gasteiger partial charge in [-0.15, -0.1) is 0 Å². The fraction of sp³-hybridized carbons (Fsp3) is 0.929. The lowest BCUT2D eigenvalue weighted by molar-refractivity contribution is -0.125. The molecule has 1 amide bonds. The summed E-state index contributed by atoms with van der Waals surface area (Å²) in [6, 6.07) is -0.479. The summed E-state index contributed by atoms with van der Waals surface area (Å²) < 4.78 is 5.35. The van der Waals surface area contributed by atoms with Crippen LogP contribution >= 0.6 is 0 Å².